The normalized spacial score (nSPS) is 16.5. The van der Waals surface area contributed by atoms with Gasteiger partial charge in [0.25, 0.3) is 0 Å². The van der Waals surface area contributed by atoms with Crippen LogP contribution < -0.4 is 10.6 Å². The lowest BCUT2D eigenvalue weighted by Crippen LogP contribution is -2.49. The highest BCUT2D eigenvalue weighted by molar-refractivity contribution is 5.83. The summed E-state index contributed by atoms with van der Waals surface area (Å²) in [6.07, 6.45) is 0. The highest BCUT2D eigenvalue weighted by Crippen LogP contribution is 2.25. The van der Waals surface area contributed by atoms with E-state index in [4.69, 9.17) is 5.73 Å². The average Bonchev–Trinajstić information content (AvgIpc) is 2.32. The van der Waals surface area contributed by atoms with Crippen LogP contribution >= 0.6 is 0 Å². The first-order chi connectivity index (χ1) is 8.13. The Balaban J connectivity index is 2.31. The molecule has 1 fully saturated rings. The minimum atomic E-state index is -0.315. The quantitative estimate of drug-likeness (QED) is 0.817. The number of anilines is 1. The summed E-state index contributed by atoms with van der Waals surface area (Å²) >= 11 is 0. The van der Waals surface area contributed by atoms with Gasteiger partial charge in [-0.25, -0.2) is 4.39 Å². The van der Waals surface area contributed by atoms with Crippen LogP contribution in [0.3, 0.4) is 0 Å². The molecule has 5 heteroatoms. The van der Waals surface area contributed by atoms with Crippen molar-refractivity contribution in [2.24, 2.45) is 5.73 Å². The number of carbonyl (C=O) groups is 1. The van der Waals surface area contributed by atoms with Gasteiger partial charge >= 0.3 is 0 Å². The number of halogens is 1. The van der Waals surface area contributed by atoms with Gasteiger partial charge in [0.15, 0.2) is 0 Å². The first-order valence-corrected chi connectivity index (χ1v) is 5.60. The maximum absolute atomic E-state index is 13.8. The summed E-state index contributed by atoms with van der Waals surface area (Å²) in [7, 11) is 1.75. The largest absolute Gasteiger partial charge is 0.358 e. The fourth-order valence-electron chi connectivity index (χ4n) is 2.03. The zero-order chi connectivity index (χ0) is 12.4. The molecule has 0 aromatic heterocycles. The molecule has 1 heterocycles. The minimum Gasteiger partial charge on any atom is -0.358 e. The fourth-order valence-corrected chi connectivity index (χ4v) is 2.03. The summed E-state index contributed by atoms with van der Waals surface area (Å²) in [5, 5.41) is 0. The Labute approximate surface area is 99.8 Å². The van der Waals surface area contributed by atoms with E-state index in [0.29, 0.717) is 18.8 Å². The number of nitrogens with two attached hydrogens (primary N) is 1. The summed E-state index contributed by atoms with van der Waals surface area (Å²) < 4.78 is 13.8. The first kappa shape index (κ1) is 11.9. The molecule has 0 bridgehead atoms. The monoisotopic (exact) mass is 237 g/mol. The molecule has 0 unspecified atom stereocenters. The molecule has 17 heavy (non-hydrogen) atoms. The van der Waals surface area contributed by atoms with Crippen LogP contribution in [0.25, 0.3) is 0 Å². The molecule has 0 radical (unpaired) electrons. The van der Waals surface area contributed by atoms with Crippen molar-refractivity contribution in [3.05, 3.63) is 29.6 Å². The zero-order valence-corrected chi connectivity index (χ0v) is 9.82. The number of piperazine rings is 1. The van der Waals surface area contributed by atoms with Crippen LogP contribution in [0.1, 0.15) is 5.56 Å². The van der Waals surface area contributed by atoms with Crippen molar-refractivity contribution in [1.82, 2.24) is 4.90 Å². The Morgan fingerprint density at radius 1 is 1.41 bits per heavy atom. The van der Waals surface area contributed by atoms with Crippen LogP contribution in [0.2, 0.25) is 0 Å². The molecule has 1 amide bonds. The predicted octanol–water partition coefficient (Wildman–Crippen LogP) is 0.563. The van der Waals surface area contributed by atoms with Crippen LogP contribution in [0.15, 0.2) is 18.2 Å². The SMILES string of the molecule is CN1CCN(c2c(F)cccc2CN)CC1=O. The Kier molecular flexibility index (Phi) is 3.28. The van der Waals surface area contributed by atoms with E-state index in [0.717, 1.165) is 5.56 Å². The second kappa shape index (κ2) is 4.71. The van der Waals surface area contributed by atoms with Gasteiger partial charge < -0.3 is 15.5 Å². The van der Waals surface area contributed by atoms with Crippen molar-refractivity contribution in [2.75, 3.05) is 31.6 Å². The number of para-hydroxylation sites is 1. The van der Waals surface area contributed by atoms with Gasteiger partial charge in [0.05, 0.1) is 12.2 Å². The van der Waals surface area contributed by atoms with Crippen molar-refractivity contribution in [1.29, 1.82) is 0 Å². The lowest BCUT2D eigenvalue weighted by atomic mass is 10.1. The minimum absolute atomic E-state index is 0.00229. The molecule has 0 spiro atoms. The zero-order valence-electron chi connectivity index (χ0n) is 9.82. The van der Waals surface area contributed by atoms with E-state index in [1.165, 1.54) is 6.07 Å². The van der Waals surface area contributed by atoms with E-state index < -0.39 is 0 Å². The van der Waals surface area contributed by atoms with Crippen LogP contribution in [0.5, 0.6) is 0 Å². The fraction of sp³-hybridized carbons (Fsp3) is 0.417. The highest BCUT2D eigenvalue weighted by Gasteiger charge is 2.24. The van der Waals surface area contributed by atoms with Crippen LogP contribution in [0.4, 0.5) is 10.1 Å². The van der Waals surface area contributed by atoms with Crippen LogP contribution in [0, 0.1) is 5.82 Å². The molecule has 1 aromatic rings. The van der Waals surface area contributed by atoms with Gasteiger partial charge in [-0.05, 0) is 11.6 Å². The third kappa shape index (κ3) is 2.24. The van der Waals surface area contributed by atoms with Crippen LogP contribution in [-0.4, -0.2) is 37.5 Å². The van der Waals surface area contributed by atoms with Gasteiger partial charge in [0.1, 0.15) is 5.82 Å². The van der Waals surface area contributed by atoms with E-state index in [1.807, 2.05) is 0 Å². The Hall–Kier alpha value is -1.62. The van der Waals surface area contributed by atoms with Gasteiger partial charge in [-0.2, -0.15) is 0 Å². The smallest absolute Gasteiger partial charge is 0.241 e. The Bertz CT molecular complexity index is 436. The predicted molar refractivity (Wildman–Crippen MR) is 64.1 cm³/mol. The van der Waals surface area contributed by atoms with Gasteiger partial charge in [-0.3, -0.25) is 4.79 Å². The molecule has 1 saturated heterocycles. The lowest BCUT2D eigenvalue weighted by Gasteiger charge is -2.34. The van der Waals surface area contributed by atoms with Gasteiger partial charge in [0, 0.05) is 26.7 Å². The standard InChI is InChI=1S/C12H16FN3O/c1-15-5-6-16(8-11(15)17)12-9(7-14)3-2-4-10(12)13/h2-4H,5-8,14H2,1H3. The van der Waals surface area contributed by atoms with E-state index in [-0.39, 0.29) is 24.8 Å². The number of rotatable bonds is 2. The molecule has 0 aliphatic carbocycles. The van der Waals surface area contributed by atoms with E-state index in [2.05, 4.69) is 0 Å². The summed E-state index contributed by atoms with van der Waals surface area (Å²) in [6, 6.07) is 4.83. The molecular weight excluding hydrogens is 221 g/mol. The number of hydrogen-bond acceptors (Lipinski definition) is 3. The lowest BCUT2D eigenvalue weighted by molar-refractivity contribution is -0.129. The molecule has 0 atom stereocenters. The number of likely N-dealkylation sites (N-methyl/N-ethyl adjacent to an activating group) is 1. The molecule has 0 saturated carbocycles. The number of amides is 1. The third-order valence-electron chi connectivity index (χ3n) is 3.06. The van der Waals surface area contributed by atoms with Gasteiger partial charge in [-0.1, -0.05) is 12.1 Å². The van der Waals surface area contributed by atoms with Gasteiger partial charge in [0.2, 0.25) is 5.91 Å². The topological polar surface area (TPSA) is 49.6 Å². The molecule has 2 rings (SSSR count). The third-order valence-corrected chi connectivity index (χ3v) is 3.06. The molecular formula is C12H16FN3O. The van der Waals surface area contributed by atoms with E-state index >= 15 is 0 Å². The number of nitrogens with zero attached hydrogens (tertiary/aromatic N) is 2. The maximum Gasteiger partial charge on any atom is 0.241 e. The average molecular weight is 237 g/mol. The summed E-state index contributed by atoms with van der Waals surface area (Å²) in [6.45, 7) is 1.73. The summed E-state index contributed by atoms with van der Waals surface area (Å²) in [5.41, 5.74) is 6.81. The molecule has 4 nitrogen and oxygen atoms in total. The number of benzene rings is 1. The molecule has 1 aliphatic rings. The van der Waals surface area contributed by atoms with Crippen molar-refractivity contribution < 1.29 is 9.18 Å². The molecule has 2 N–H and O–H groups in total. The number of carbonyl (C=O) groups excluding carboxylic acids is 1. The summed E-state index contributed by atoms with van der Waals surface area (Å²) in [5.74, 6) is -0.312. The van der Waals surface area contributed by atoms with Crippen molar-refractivity contribution in [3.63, 3.8) is 0 Å². The Morgan fingerprint density at radius 3 is 2.82 bits per heavy atom. The van der Waals surface area contributed by atoms with Crippen molar-refractivity contribution in [2.45, 2.75) is 6.54 Å². The van der Waals surface area contributed by atoms with Gasteiger partial charge in [-0.15, -0.1) is 0 Å². The Morgan fingerprint density at radius 2 is 2.18 bits per heavy atom. The van der Waals surface area contributed by atoms with Crippen molar-refractivity contribution >= 4 is 11.6 Å². The summed E-state index contributed by atoms with van der Waals surface area (Å²) in [4.78, 5) is 15.0. The highest BCUT2D eigenvalue weighted by atomic mass is 19.1. The maximum atomic E-state index is 13.8. The molecule has 1 aliphatic heterocycles. The van der Waals surface area contributed by atoms with E-state index in [1.54, 1.807) is 29.0 Å². The molecule has 92 valence electrons. The van der Waals surface area contributed by atoms with E-state index in [9.17, 15) is 9.18 Å². The second-order valence-electron chi connectivity index (χ2n) is 4.19. The number of hydrogen-bond donors (Lipinski definition) is 1. The van der Waals surface area contributed by atoms with Crippen LogP contribution in [-0.2, 0) is 11.3 Å². The second-order valence-corrected chi connectivity index (χ2v) is 4.19. The van der Waals surface area contributed by atoms with Crippen molar-refractivity contribution in [3.8, 4) is 0 Å². The molecule has 1 aromatic carbocycles. The first-order valence-electron chi connectivity index (χ1n) is 5.60.